The van der Waals surface area contributed by atoms with Crippen LogP contribution in [-0.4, -0.2) is 34.6 Å². The van der Waals surface area contributed by atoms with E-state index in [2.05, 4.69) is 15.6 Å². The van der Waals surface area contributed by atoms with Crippen LogP contribution in [0.2, 0.25) is 0 Å². The average Bonchev–Trinajstić information content (AvgIpc) is 3.01. The van der Waals surface area contributed by atoms with Gasteiger partial charge in [-0.1, -0.05) is 11.6 Å². The Labute approximate surface area is 112 Å². The Morgan fingerprint density at radius 1 is 1.42 bits per heavy atom. The molecule has 2 heterocycles. The molecule has 6 heteroatoms. The van der Waals surface area contributed by atoms with E-state index in [1.165, 1.54) is 26.4 Å². The number of carbonyl (C=O) groups is 1. The van der Waals surface area contributed by atoms with Gasteiger partial charge in [-0.25, -0.2) is 9.48 Å². The minimum absolute atomic E-state index is 0.184. The van der Waals surface area contributed by atoms with Crippen LogP contribution < -0.4 is 5.32 Å². The van der Waals surface area contributed by atoms with Crippen molar-refractivity contribution in [3.63, 3.8) is 0 Å². The molecule has 1 aliphatic heterocycles. The predicted molar refractivity (Wildman–Crippen MR) is 68.7 cm³/mol. The molecule has 0 radical (unpaired) electrons. The summed E-state index contributed by atoms with van der Waals surface area (Å²) < 4.78 is 6.73. The van der Waals surface area contributed by atoms with Gasteiger partial charge in [0.15, 0.2) is 5.69 Å². The molecule has 2 aliphatic rings. The van der Waals surface area contributed by atoms with Gasteiger partial charge in [-0.2, -0.15) is 0 Å². The Morgan fingerprint density at radius 2 is 2.26 bits per heavy atom. The first-order valence-corrected chi connectivity index (χ1v) is 7.04. The maximum atomic E-state index is 11.8. The number of hydrogen-bond donors (Lipinski definition) is 1. The molecule has 19 heavy (non-hydrogen) atoms. The van der Waals surface area contributed by atoms with Crippen LogP contribution in [0.5, 0.6) is 0 Å². The highest BCUT2D eigenvalue weighted by Crippen LogP contribution is 2.31. The topological polar surface area (TPSA) is 69.0 Å². The smallest absolute Gasteiger partial charge is 0.360 e. The predicted octanol–water partition coefficient (Wildman–Crippen LogP) is 1.29. The van der Waals surface area contributed by atoms with Crippen molar-refractivity contribution in [2.24, 2.45) is 5.92 Å². The Hall–Kier alpha value is -1.43. The number of ether oxygens (including phenoxy) is 1. The van der Waals surface area contributed by atoms with Crippen molar-refractivity contribution >= 4 is 5.97 Å². The highest BCUT2D eigenvalue weighted by molar-refractivity contribution is 5.88. The molecule has 6 nitrogen and oxygen atoms in total. The fourth-order valence-electron chi connectivity index (χ4n) is 2.88. The lowest BCUT2D eigenvalue weighted by atomic mass is 9.85. The SMILES string of the molecule is COC(=O)c1nnn(CC2CCC2)c1C1CCCN1. The molecule has 1 aromatic rings. The molecule has 1 aromatic heterocycles. The number of nitrogens with one attached hydrogen (secondary N) is 1. The molecule has 0 bridgehead atoms. The summed E-state index contributed by atoms with van der Waals surface area (Å²) in [7, 11) is 1.39. The van der Waals surface area contributed by atoms with E-state index in [9.17, 15) is 4.79 Å². The third-order valence-electron chi connectivity index (χ3n) is 4.20. The van der Waals surface area contributed by atoms with E-state index < -0.39 is 0 Å². The van der Waals surface area contributed by atoms with Gasteiger partial charge >= 0.3 is 5.97 Å². The highest BCUT2D eigenvalue weighted by Gasteiger charge is 2.30. The maximum Gasteiger partial charge on any atom is 0.360 e. The molecule has 0 spiro atoms. The molecule has 1 unspecified atom stereocenters. The molecular weight excluding hydrogens is 244 g/mol. The molecule has 0 amide bonds. The molecule has 1 saturated carbocycles. The fraction of sp³-hybridized carbons (Fsp3) is 0.769. The summed E-state index contributed by atoms with van der Waals surface area (Å²) in [5, 5.41) is 11.6. The van der Waals surface area contributed by atoms with Gasteiger partial charge in [-0.3, -0.25) is 0 Å². The van der Waals surface area contributed by atoms with E-state index in [-0.39, 0.29) is 12.0 Å². The van der Waals surface area contributed by atoms with E-state index in [0.29, 0.717) is 11.6 Å². The summed E-state index contributed by atoms with van der Waals surface area (Å²) in [6.45, 7) is 1.86. The maximum absolute atomic E-state index is 11.8. The first-order valence-electron chi connectivity index (χ1n) is 7.04. The van der Waals surface area contributed by atoms with E-state index in [1.807, 2.05) is 4.68 Å². The third kappa shape index (κ3) is 2.36. The Kier molecular flexibility index (Phi) is 3.50. The number of nitrogens with zero attached hydrogens (tertiary/aromatic N) is 3. The average molecular weight is 264 g/mol. The summed E-state index contributed by atoms with van der Waals surface area (Å²) >= 11 is 0. The van der Waals surface area contributed by atoms with E-state index in [0.717, 1.165) is 31.6 Å². The Morgan fingerprint density at radius 3 is 2.84 bits per heavy atom. The van der Waals surface area contributed by atoms with Crippen LogP contribution in [0.3, 0.4) is 0 Å². The molecule has 104 valence electrons. The molecular formula is C13H20N4O2. The normalized spacial score (nSPS) is 23.3. The number of methoxy groups -OCH3 is 1. The van der Waals surface area contributed by atoms with Gasteiger partial charge in [0, 0.05) is 6.54 Å². The third-order valence-corrected chi connectivity index (χ3v) is 4.20. The second-order valence-electron chi connectivity index (χ2n) is 5.44. The second kappa shape index (κ2) is 5.28. The van der Waals surface area contributed by atoms with Crippen LogP contribution in [-0.2, 0) is 11.3 Å². The summed E-state index contributed by atoms with van der Waals surface area (Å²) in [5.41, 5.74) is 1.29. The van der Waals surface area contributed by atoms with E-state index in [4.69, 9.17) is 4.74 Å². The van der Waals surface area contributed by atoms with Crippen molar-refractivity contribution < 1.29 is 9.53 Å². The van der Waals surface area contributed by atoms with Crippen LogP contribution in [0.4, 0.5) is 0 Å². The van der Waals surface area contributed by atoms with Crippen LogP contribution in [0.25, 0.3) is 0 Å². The monoisotopic (exact) mass is 264 g/mol. The quantitative estimate of drug-likeness (QED) is 0.830. The van der Waals surface area contributed by atoms with Crippen LogP contribution in [0.1, 0.15) is 54.3 Å². The number of esters is 1. The van der Waals surface area contributed by atoms with Crippen LogP contribution in [0.15, 0.2) is 0 Å². The van der Waals surface area contributed by atoms with Crippen LogP contribution in [0, 0.1) is 5.92 Å². The summed E-state index contributed by atoms with van der Waals surface area (Å²) in [4.78, 5) is 11.8. The highest BCUT2D eigenvalue weighted by atomic mass is 16.5. The van der Waals surface area contributed by atoms with Crippen LogP contribution >= 0.6 is 0 Å². The molecule has 0 aromatic carbocycles. The van der Waals surface area contributed by atoms with E-state index >= 15 is 0 Å². The Balaban J connectivity index is 1.88. The lowest BCUT2D eigenvalue weighted by molar-refractivity contribution is 0.0591. The number of hydrogen-bond acceptors (Lipinski definition) is 5. The zero-order valence-electron chi connectivity index (χ0n) is 11.3. The second-order valence-corrected chi connectivity index (χ2v) is 5.44. The van der Waals surface area contributed by atoms with Gasteiger partial charge in [-0.15, -0.1) is 5.10 Å². The number of aromatic nitrogens is 3. The minimum Gasteiger partial charge on any atom is -0.464 e. The van der Waals surface area contributed by atoms with Crippen molar-refractivity contribution in [1.29, 1.82) is 0 Å². The van der Waals surface area contributed by atoms with Crippen molar-refractivity contribution in [3.8, 4) is 0 Å². The molecule has 1 aliphatic carbocycles. The van der Waals surface area contributed by atoms with Crippen molar-refractivity contribution in [1.82, 2.24) is 20.3 Å². The lowest BCUT2D eigenvalue weighted by Gasteiger charge is -2.26. The van der Waals surface area contributed by atoms with Gasteiger partial charge in [0.2, 0.25) is 0 Å². The number of rotatable bonds is 4. The Bertz CT molecular complexity index is 461. The van der Waals surface area contributed by atoms with Gasteiger partial charge in [0.05, 0.1) is 18.8 Å². The minimum atomic E-state index is -0.386. The largest absolute Gasteiger partial charge is 0.464 e. The van der Waals surface area contributed by atoms with Gasteiger partial charge in [0.25, 0.3) is 0 Å². The zero-order valence-corrected chi connectivity index (χ0v) is 11.3. The van der Waals surface area contributed by atoms with Gasteiger partial charge in [-0.05, 0) is 38.1 Å². The van der Waals surface area contributed by atoms with Gasteiger partial charge < -0.3 is 10.1 Å². The molecule has 1 saturated heterocycles. The van der Waals surface area contributed by atoms with Gasteiger partial charge in [0.1, 0.15) is 0 Å². The van der Waals surface area contributed by atoms with Crippen molar-refractivity contribution in [2.45, 2.75) is 44.7 Å². The summed E-state index contributed by atoms with van der Waals surface area (Å²) in [5.74, 6) is 0.302. The molecule has 1 atom stereocenters. The van der Waals surface area contributed by atoms with Crippen molar-refractivity contribution in [2.75, 3.05) is 13.7 Å². The molecule has 2 fully saturated rings. The van der Waals surface area contributed by atoms with E-state index in [1.54, 1.807) is 0 Å². The summed E-state index contributed by atoms with van der Waals surface area (Å²) in [6.07, 6.45) is 5.97. The summed E-state index contributed by atoms with van der Waals surface area (Å²) in [6, 6.07) is 0.184. The fourth-order valence-corrected chi connectivity index (χ4v) is 2.88. The molecule has 3 rings (SSSR count). The molecule has 1 N–H and O–H groups in total. The first kappa shape index (κ1) is 12.6. The zero-order chi connectivity index (χ0) is 13.2. The first-order chi connectivity index (χ1) is 9.29. The number of carbonyl (C=O) groups excluding carboxylic acids is 1. The van der Waals surface area contributed by atoms with Crippen molar-refractivity contribution in [3.05, 3.63) is 11.4 Å². The standard InChI is InChI=1S/C13H20N4O2/c1-19-13(18)11-12(10-6-3-7-14-10)17(16-15-11)8-9-4-2-5-9/h9-10,14H,2-8H2,1H3. The lowest BCUT2D eigenvalue weighted by Crippen LogP contribution is -2.25.